The Kier molecular flexibility index (Phi) is 11.0. The lowest BCUT2D eigenvalue weighted by Gasteiger charge is -2.27. The molecule has 6 heteroatoms. The van der Waals surface area contributed by atoms with Crippen molar-refractivity contribution in [2.45, 2.75) is 52.2 Å². The number of ether oxygens (including phenoxy) is 2. The van der Waals surface area contributed by atoms with Crippen LogP contribution in [-0.4, -0.2) is 76.1 Å². The summed E-state index contributed by atoms with van der Waals surface area (Å²) in [6.07, 6.45) is 3.60. The van der Waals surface area contributed by atoms with E-state index in [0.717, 1.165) is 64.8 Å². The van der Waals surface area contributed by atoms with Crippen LogP contribution in [0.25, 0.3) is 0 Å². The minimum atomic E-state index is 0.318. The SMILES string of the molecule is CCN(CC)C(C)CNC(=NC)NCCCOCC1CCCO1. The van der Waals surface area contributed by atoms with Gasteiger partial charge in [0.25, 0.3) is 0 Å². The Hall–Kier alpha value is -0.850. The summed E-state index contributed by atoms with van der Waals surface area (Å²) in [5.74, 6) is 0.864. The fraction of sp³-hybridized carbons (Fsp3) is 0.941. The third-order valence-electron chi connectivity index (χ3n) is 4.31. The number of likely N-dealkylation sites (N-methyl/N-ethyl adjacent to an activating group) is 1. The zero-order valence-corrected chi connectivity index (χ0v) is 15.4. The topological polar surface area (TPSA) is 58.1 Å². The van der Waals surface area contributed by atoms with Gasteiger partial charge in [-0.2, -0.15) is 0 Å². The van der Waals surface area contributed by atoms with E-state index in [1.165, 1.54) is 6.42 Å². The molecular weight excluding hydrogens is 292 g/mol. The van der Waals surface area contributed by atoms with Gasteiger partial charge in [0, 0.05) is 39.4 Å². The fourth-order valence-corrected chi connectivity index (χ4v) is 2.81. The number of hydrogen-bond donors (Lipinski definition) is 2. The molecule has 2 N–H and O–H groups in total. The van der Waals surface area contributed by atoms with Gasteiger partial charge in [-0.05, 0) is 39.3 Å². The molecule has 0 aromatic rings. The molecule has 2 unspecified atom stereocenters. The predicted molar refractivity (Wildman–Crippen MR) is 96.2 cm³/mol. The summed E-state index contributed by atoms with van der Waals surface area (Å²) in [5.41, 5.74) is 0. The highest BCUT2D eigenvalue weighted by Gasteiger charge is 2.15. The lowest BCUT2D eigenvalue weighted by Crippen LogP contribution is -2.46. The van der Waals surface area contributed by atoms with Crippen molar-refractivity contribution in [1.29, 1.82) is 0 Å². The highest BCUT2D eigenvalue weighted by Crippen LogP contribution is 2.11. The van der Waals surface area contributed by atoms with Crippen LogP contribution < -0.4 is 10.6 Å². The van der Waals surface area contributed by atoms with Gasteiger partial charge < -0.3 is 20.1 Å². The molecule has 1 saturated heterocycles. The number of hydrogen-bond acceptors (Lipinski definition) is 4. The second kappa shape index (κ2) is 12.6. The molecule has 1 rings (SSSR count). The van der Waals surface area contributed by atoms with E-state index in [1.807, 2.05) is 7.05 Å². The van der Waals surface area contributed by atoms with Crippen molar-refractivity contribution in [3.63, 3.8) is 0 Å². The number of rotatable bonds is 11. The minimum Gasteiger partial charge on any atom is -0.379 e. The minimum absolute atomic E-state index is 0.318. The molecule has 1 aliphatic rings. The van der Waals surface area contributed by atoms with Crippen LogP contribution in [0, 0.1) is 0 Å². The summed E-state index contributed by atoms with van der Waals surface area (Å²) in [5, 5.41) is 6.73. The van der Waals surface area contributed by atoms with E-state index in [4.69, 9.17) is 9.47 Å². The zero-order valence-electron chi connectivity index (χ0n) is 15.4. The molecule has 0 spiro atoms. The Balaban J connectivity index is 2.04. The largest absolute Gasteiger partial charge is 0.379 e. The summed E-state index contributed by atoms with van der Waals surface area (Å²) in [7, 11) is 1.81. The van der Waals surface area contributed by atoms with E-state index >= 15 is 0 Å². The van der Waals surface area contributed by atoms with Crippen LogP contribution >= 0.6 is 0 Å². The highest BCUT2D eigenvalue weighted by atomic mass is 16.5. The van der Waals surface area contributed by atoms with Gasteiger partial charge >= 0.3 is 0 Å². The molecule has 0 aromatic heterocycles. The van der Waals surface area contributed by atoms with Crippen molar-refractivity contribution in [2.24, 2.45) is 4.99 Å². The molecule has 23 heavy (non-hydrogen) atoms. The van der Waals surface area contributed by atoms with Crippen LogP contribution in [0.15, 0.2) is 4.99 Å². The van der Waals surface area contributed by atoms with E-state index in [9.17, 15) is 0 Å². The van der Waals surface area contributed by atoms with Gasteiger partial charge in [0.05, 0.1) is 12.7 Å². The lowest BCUT2D eigenvalue weighted by molar-refractivity contribution is 0.0168. The second-order valence-electron chi connectivity index (χ2n) is 6.01. The first kappa shape index (κ1) is 20.2. The van der Waals surface area contributed by atoms with Gasteiger partial charge in [-0.3, -0.25) is 9.89 Å². The lowest BCUT2D eigenvalue weighted by atomic mass is 10.2. The molecular formula is C17H36N4O2. The zero-order chi connectivity index (χ0) is 16.9. The van der Waals surface area contributed by atoms with Crippen molar-refractivity contribution in [3.05, 3.63) is 0 Å². The Morgan fingerprint density at radius 3 is 2.74 bits per heavy atom. The van der Waals surface area contributed by atoms with Crippen LogP contribution in [0.5, 0.6) is 0 Å². The molecule has 136 valence electrons. The van der Waals surface area contributed by atoms with E-state index < -0.39 is 0 Å². The third kappa shape index (κ3) is 8.53. The molecule has 2 atom stereocenters. The molecule has 1 heterocycles. The van der Waals surface area contributed by atoms with Gasteiger partial charge in [0.15, 0.2) is 5.96 Å². The molecule has 6 nitrogen and oxygen atoms in total. The molecule has 1 aliphatic heterocycles. The fourth-order valence-electron chi connectivity index (χ4n) is 2.81. The first-order chi connectivity index (χ1) is 11.2. The molecule has 0 aliphatic carbocycles. The number of guanidine groups is 1. The average molecular weight is 329 g/mol. The Morgan fingerprint density at radius 1 is 1.35 bits per heavy atom. The molecule has 0 aromatic carbocycles. The van der Waals surface area contributed by atoms with Crippen LogP contribution in [0.3, 0.4) is 0 Å². The summed E-state index contributed by atoms with van der Waals surface area (Å²) in [6, 6.07) is 0.498. The van der Waals surface area contributed by atoms with Crippen molar-refractivity contribution >= 4 is 5.96 Å². The summed E-state index contributed by atoms with van der Waals surface area (Å²) < 4.78 is 11.2. The van der Waals surface area contributed by atoms with Gasteiger partial charge in [-0.1, -0.05) is 13.8 Å². The third-order valence-corrected chi connectivity index (χ3v) is 4.31. The summed E-state index contributed by atoms with van der Waals surface area (Å²) >= 11 is 0. The van der Waals surface area contributed by atoms with E-state index in [1.54, 1.807) is 0 Å². The normalized spacial score (nSPS) is 20.0. The van der Waals surface area contributed by atoms with Crippen molar-refractivity contribution in [1.82, 2.24) is 15.5 Å². The number of nitrogens with zero attached hydrogens (tertiary/aromatic N) is 2. The molecule has 0 radical (unpaired) electrons. The maximum Gasteiger partial charge on any atom is 0.191 e. The second-order valence-corrected chi connectivity index (χ2v) is 6.01. The summed E-state index contributed by atoms with van der Waals surface area (Å²) in [4.78, 5) is 6.70. The molecule has 1 fully saturated rings. The van der Waals surface area contributed by atoms with Crippen LogP contribution in [0.4, 0.5) is 0 Å². The first-order valence-electron chi connectivity index (χ1n) is 9.09. The Labute approximate surface area is 142 Å². The van der Waals surface area contributed by atoms with E-state index in [0.29, 0.717) is 12.1 Å². The Bertz CT molecular complexity index is 316. The van der Waals surface area contributed by atoms with Crippen LogP contribution in [-0.2, 0) is 9.47 Å². The standard InChI is InChI=1S/C17H36N4O2/c1-5-21(6-2)15(3)13-20-17(18-4)19-10-8-11-22-14-16-9-7-12-23-16/h15-16H,5-14H2,1-4H3,(H2,18,19,20). The maximum atomic E-state index is 5.66. The first-order valence-corrected chi connectivity index (χ1v) is 9.09. The van der Waals surface area contributed by atoms with Crippen LogP contribution in [0.2, 0.25) is 0 Å². The quantitative estimate of drug-likeness (QED) is 0.342. The van der Waals surface area contributed by atoms with Gasteiger partial charge in [-0.15, -0.1) is 0 Å². The van der Waals surface area contributed by atoms with Gasteiger partial charge in [0.1, 0.15) is 0 Å². The highest BCUT2D eigenvalue weighted by molar-refractivity contribution is 5.79. The number of aliphatic imine (C=N–C) groups is 1. The van der Waals surface area contributed by atoms with Gasteiger partial charge in [0.2, 0.25) is 0 Å². The molecule has 0 saturated carbocycles. The van der Waals surface area contributed by atoms with Crippen molar-refractivity contribution in [3.8, 4) is 0 Å². The van der Waals surface area contributed by atoms with E-state index in [-0.39, 0.29) is 0 Å². The molecule has 0 amide bonds. The smallest absolute Gasteiger partial charge is 0.191 e. The Morgan fingerprint density at radius 2 is 2.13 bits per heavy atom. The van der Waals surface area contributed by atoms with Crippen molar-refractivity contribution in [2.75, 3.05) is 53.0 Å². The summed E-state index contributed by atoms with van der Waals surface area (Å²) in [6.45, 7) is 12.9. The predicted octanol–water partition coefficient (Wildman–Crippen LogP) is 1.47. The average Bonchev–Trinajstić information content (AvgIpc) is 3.08. The van der Waals surface area contributed by atoms with Gasteiger partial charge in [-0.25, -0.2) is 0 Å². The van der Waals surface area contributed by atoms with Crippen LogP contribution in [0.1, 0.15) is 40.0 Å². The maximum absolute atomic E-state index is 5.66. The number of nitrogens with one attached hydrogen (secondary N) is 2. The monoisotopic (exact) mass is 328 g/mol. The van der Waals surface area contributed by atoms with E-state index in [2.05, 4.69) is 41.3 Å². The van der Waals surface area contributed by atoms with Crippen molar-refractivity contribution < 1.29 is 9.47 Å². The molecule has 0 bridgehead atoms.